The molecule has 0 atom stereocenters. The highest BCUT2D eigenvalue weighted by atomic mass is 28.5. The Morgan fingerprint density at radius 3 is 1.25 bits per heavy atom. The van der Waals surface area contributed by atoms with Crippen LogP contribution < -0.4 is 0 Å². The fraction of sp³-hybridized carbons (Fsp3) is 1.00. The molecule has 1 aliphatic rings. The first-order valence-electron chi connectivity index (χ1n) is 3.91. The highest BCUT2D eigenvalue weighted by molar-refractivity contribution is 6.72. The SMILES string of the molecule is C[Si]1O[SiH](C)O[Si](C)O[SiH](C)O1. The van der Waals surface area contributed by atoms with E-state index in [1.165, 1.54) is 0 Å². The molecule has 1 fully saturated rings. The lowest BCUT2D eigenvalue weighted by Crippen LogP contribution is -2.44. The first-order chi connectivity index (χ1) is 5.58. The van der Waals surface area contributed by atoms with Crippen LogP contribution in [-0.2, 0) is 16.5 Å². The maximum Gasteiger partial charge on any atom is 0.361 e. The molecule has 1 saturated heterocycles. The Hall–Kier alpha value is 0.708. The van der Waals surface area contributed by atoms with E-state index in [2.05, 4.69) is 0 Å². The number of hydrogen-bond acceptors (Lipinski definition) is 4. The Labute approximate surface area is 80.2 Å². The summed E-state index contributed by atoms with van der Waals surface area (Å²) < 4.78 is 22.4. The molecule has 0 spiro atoms. The molecular formula is C4H14O4Si4. The van der Waals surface area contributed by atoms with Gasteiger partial charge in [-0.1, -0.05) is 0 Å². The molecule has 1 heterocycles. The summed E-state index contributed by atoms with van der Waals surface area (Å²) in [5, 5.41) is 0. The monoisotopic (exact) mass is 238 g/mol. The van der Waals surface area contributed by atoms with E-state index in [0.717, 1.165) is 0 Å². The average Bonchev–Trinajstić information content (AvgIpc) is 1.81. The quantitative estimate of drug-likeness (QED) is 0.557. The van der Waals surface area contributed by atoms with E-state index < -0.39 is 37.1 Å². The zero-order valence-corrected chi connectivity index (χ0v) is 12.1. The summed E-state index contributed by atoms with van der Waals surface area (Å²) >= 11 is 0. The molecule has 0 N–H and O–H groups in total. The lowest BCUT2D eigenvalue weighted by Gasteiger charge is -2.27. The largest absolute Gasteiger partial charge is 0.417 e. The Morgan fingerprint density at radius 2 is 1.00 bits per heavy atom. The van der Waals surface area contributed by atoms with Gasteiger partial charge in [0, 0.05) is 0 Å². The fourth-order valence-electron chi connectivity index (χ4n) is 1.04. The molecule has 0 aromatic heterocycles. The molecule has 70 valence electrons. The van der Waals surface area contributed by atoms with Crippen LogP contribution in [0.4, 0.5) is 0 Å². The number of rotatable bonds is 0. The molecule has 0 aromatic carbocycles. The van der Waals surface area contributed by atoms with Gasteiger partial charge < -0.3 is 16.5 Å². The Kier molecular flexibility index (Phi) is 4.32. The minimum Gasteiger partial charge on any atom is -0.417 e. The lowest BCUT2D eigenvalue weighted by atomic mass is 11.9. The van der Waals surface area contributed by atoms with Gasteiger partial charge in [0.1, 0.15) is 0 Å². The van der Waals surface area contributed by atoms with Crippen LogP contribution in [0, 0.1) is 0 Å². The van der Waals surface area contributed by atoms with Gasteiger partial charge in [0.15, 0.2) is 0 Å². The molecule has 0 bridgehead atoms. The third kappa shape index (κ3) is 3.61. The zero-order chi connectivity index (χ0) is 9.14. The van der Waals surface area contributed by atoms with Crippen molar-refractivity contribution in [2.75, 3.05) is 0 Å². The first-order valence-corrected chi connectivity index (χ1v) is 11.7. The maximum atomic E-state index is 5.61. The van der Waals surface area contributed by atoms with Crippen molar-refractivity contribution in [2.24, 2.45) is 0 Å². The van der Waals surface area contributed by atoms with Gasteiger partial charge in [-0.2, -0.15) is 0 Å². The van der Waals surface area contributed by atoms with Crippen molar-refractivity contribution in [3.05, 3.63) is 0 Å². The van der Waals surface area contributed by atoms with Gasteiger partial charge in [-0.25, -0.2) is 0 Å². The predicted molar refractivity (Wildman–Crippen MR) is 53.6 cm³/mol. The van der Waals surface area contributed by atoms with Crippen LogP contribution >= 0.6 is 0 Å². The summed E-state index contributed by atoms with van der Waals surface area (Å²) in [7, 11) is -5.06. The van der Waals surface area contributed by atoms with Gasteiger partial charge in [0.05, 0.1) is 0 Å². The predicted octanol–water partition coefficient (Wildman–Crippen LogP) is 0.00300. The Morgan fingerprint density at radius 1 is 0.750 bits per heavy atom. The molecule has 0 aliphatic carbocycles. The second-order valence-corrected chi connectivity index (χ2v) is 10.6. The summed E-state index contributed by atoms with van der Waals surface area (Å²) in [6, 6.07) is 0. The van der Waals surface area contributed by atoms with E-state index in [4.69, 9.17) is 16.5 Å². The van der Waals surface area contributed by atoms with Crippen molar-refractivity contribution < 1.29 is 16.5 Å². The summed E-state index contributed by atoms with van der Waals surface area (Å²) in [4.78, 5) is 0. The van der Waals surface area contributed by atoms with Gasteiger partial charge in [0.25, 0.3) is 18.6 Å². The minimum absolute atomic E-state index is 1.08. The molecule has 8 heteroatoms. The van der Waals surface area contributed by atoms with E-state index in [-0.39, 0.29) is 0 Å². The fourth-order valence-corrected chi connectivity index (χ4v) is 11.2. The number of hydrogen-bond donors (Lipinski definition) is 0. The van der Waals surface area contributed by atoms with Gasteiger partial charge in [-0.05, 0) is 26.2 Å². The molecule has 0 unspecified atom stereocenters. The van der Waals surface area contributed by atoms with Gasteiger partial charge in [0.2, 0.25) is 0 Å². The molecule has 0 amide bonds. The molecule has 0 aromatic rings. The van der Waals surface area contributed by atoms with E-state index >= 15 is 0 Å². The Bertz CT molecular complexity index is 107. The molecular weight excluding hydrogens is 224 g/mol. The van der Waals surface area contributed by atoms with Crippen molar-refractivity contribution in [1.29, 1.82) is 0 Å². The van der Waals surface area contributed by atoms with Crippen LogP contribution in [0.1, 0.15) is 0 Å². The van der Waals surface area contributed by atoms with Crippen LogP contribution in [0.5, 0.6) is 0 Å². The van der Waals surface area contributed by atoms with Crippen molar-refractivity contribution in [3.8, 4) is 0 Å². The van der Waals surface area contributed by atoms with Crippen LogP contribution in [0.25, 0.3) is 0 Å². The first kappa shape index (κ1) is 10.8. The van der Waals surface area contributed by atoms with Gasteiger partial charge in [-0.15, -0.1) is 0 Å². The molecule has 12 heavy (non-hydrogen) atoms. The molecule has 4 nitrogen and oxygen atoms in total. The van der Waals surface area contributed by atoms with Gasteiger partial charge >= 0.3 is 18.6 Å². The van der Waals surface area contributed by atoms with Gasteiger partial charge in [-0.3, -0.25) is 0 Å². The van der Waals surface area contributed by atoms with Crippen molar-refractivity contribution in [3.63, 3.8) is 0 Å². The van der Waals surface area contributed by atoms with Crippen molar-refractivity contribution in [2.45, 2.75) is 26.2 Å². The summed E-state index contributed by atoms with van der Waals surface area (Å²) in [5.74, 6) is 0. The third-order valence-electron chi connectivity index (χ3n) is 1.33. The second kappa shape index (κ2) is 4.81. The zero-order valence-electron chi connectivity index (χ0n) is 7.79. The molecule has 1 rings (SSSR count). The lowest BCUT2D eigenvalue weighted by molar-refractivity contribution is 0.295. The Balaban J connectivity index is 2.45. The summed E-state index contributed by atoms with van der Waals surface area (Å²) in [5.41, 5.74) is 0. The van der Waals surface area contributed by atoms with Crippen LogP contribution in [-0.4, -0.2) is 37.1 Å². The van der Waals surface area contributed by atoms with Crippen molar-refractivity contribution in [1.82, 2.24) is 0 Å². The average molecular weight is 238 g/mol. The minimum atomic E-state index is -1.45. The van der Waals surface area contributed by atoms with E-state index in [0.29, 0.717) is 0 Å². The topological polar surface area (TPSA) is 36.9 Å². The van der Waals surface area contributed by atoms with E-state index in [1.807, 2.05) is 26.2 Å². The second-order valence-electron chi connectivity index (χ2n) is 2.59. The van der Waals surface area contributed by atoms with Crippen molar-refractivity contribution >= 4 is 37.1 Å². The third-order valence-corrected chi connectivity index (χ3v) is 11.9. The standard InChI is InChI=1S/C4H14O4Si4/c1-9-5-10(2)7-12(4)8-11(3)6-9/h9,12H,1-4H3. The van der Waals surface area contributed by atoms with E-state index in [9.17, 15) is 0 Å². The maximum absolute atomic E-state index is 5.61. The van der Waals surface area contributed by atoms with Crippen LogP contribution in [0.3, 0.4) is 0 Å². The van der Waals surface area contributed by atoms with Crippen LogP contribution in [0.2, 0.25) is 26.2 Å². The normalized spacial score (nSPS) is 36.0. The highest BCUT2D eigenvalue weighted by Gasteiger charge is 2.27. The van der Waals surface area contributed by atoms with E-state index in [1.54, 1.807) is 0 Å². The summed E-state index contributed by atoms with van der Waals surface area (Å²) in [6.07, 6.45) is 0. The smallest absolute Gasteiger partial charge is 0.361 e. The molecule has 2 radical (unpaired) electrons. The molecule has 0 saturated carbocycles. The van der Waals surface area contributed by atoms with Crippen LogP contribution in [0.15, 0.2) is 0 Å². The highest BCUT2D eigenvalue weighted by Crippen LogP contribution is 2.06. The summed E-state index contributed by atoms with van der Waals surface area (Å²) in [6.45, 7) is 8.04. The molecule has 1 aliphatic heterocycles.